The standard InChI is InChI=1S/C33H47N3O5/c1-24(2)36(33(38)26-11-16-30(40-4)31(22-26)41-20-8-19-39-3)29-13-12-27(34-23-29)17-18-35(28-14-15-28)32(37)21-25-9-6-5-7-10-25/h5-7,9-11,16,22,24,27-29,34H,8,12-15,17-21,23H2,1-4H3/t27-,29?/m0/s1. The molecule has 2 atom stereocenters. The number of benzene rings is 2. The molecule has 1 saturated carbocycles. The Morgan fingerprint density at radius 2 is 1.71 bits per heavy atom. The van der Waals surface area contributed by atoms with Crippen LogP contribution in [0.25, 0.3) is 0 Å². The summed E-state index contributed by atoms with van der Waals surface area (Å²) in [7, 11) is 3.27. The van der Waals surface area contributed by atoms with Crippen LogP contribution in [0.4, 0.5) is 0 Å². The normalized spacial score (nSPS) is 18.7. The van der Waals surface area contributed by atoms with E-state index in [-0.39, 0.29) is 23.9 Å². The largest absolute Gasteiger partial charge is 0.493 e. The molecule has 1 heterocycles. The van der Waals surface area contributed by atoms with E-state index in [1.807, 2.05) is 41.3 Å². The van der Waals surface area contributed by atoms with E-state index in [1.165, 1.54) is 0 Å². The van der Waals surface area contributed by atoms with Crippen molar-refractivity contribution in [2.45, 2.75) is 83.0 Å². The lowest BCUT2D eigenvalue weighted by Gasteiger charge is -2.40. The highest BCUT2D eigenvalue weighted by atomic mass is 16.5. The van der Waals surface area contributed by atoms with Crippen LogP contribution in [0.3, 0.4) is 0 Å². The number of methoxy groups -OCH3 is 2. The third-order valence-electron chi connectivity index (χ3n) is 8.06. The summed E-state index contributed by atoms with van der Waals surface area (Å²) < 4.78 is 16.5. The number of rotatable bonds is 15. The van der Waals surface area contributed by atoms with Gasteiger partial charge in [0.25, 0.3) is 5.91 Å². The summed E-state index contributed by atoms with van der Waals surface area (Å²) in [6, 6.07) is 16.3. The Labute approximate surface area is 245 Å². The van der Waals surface area contributed by atoms with Crippen LogP contribution in [0.1, 0.15) is 68.3 Å². The lowest BCUT2D eigenvalue weighted by atomic mass is 9.95. The number of hydrogen-bond acceptors (Lipinski definition) is 6. The van der Waals surface area contributed by atoms with Crippen LogP contribution in [-0.2, 0) is 16.0 Å². The van der Waals surface area contributed by atoms with E-state index in [9.17, 15) is 9.59 Å². The predicted molar refractivity (Wildman–Crippen MR) is 161 cm³/mol. The molecule has 0 radical (unpaired) electrons. The van der Waals surface area contributed by atoms with Crippen molar-refractivity contribution in [2.24, 2.45) is 0 Å². The number of nitrogens with one attached hydrogen (secondary N) is 1. The number of nitrogens with zero attached hydrogens (tertiary/aromatic N) is 2. The highest BCUT2D eigenvalue weighted by Crippen LogP contribution is 2.31. The zero-order valence-electron chi connectivity index (χ0n) is 25.1. The first-order chi connectivity index (χ1) is 19.9. The summed E-state index contributed by atoms with van der Waals surface area (Å²) in [5.41, 5.74) is 1.67. The van der Waals surface area contributed by atoms with Crippen molar-refractivity contribution in [1.29, 1.82) is 0 Å². The number of piperidine rings is 1. The molecule has 4 rings (SSSR count). The van der Waals surface area contributed by atoms with Gasteiger partial charge in [-0.1, -0.05) is 30.3 Å². The maximum absolute atomic E-state index is 13.8. The van der Waals surface area contributed by atoms with Crippen LogP contribution in [0.2, 0.25) is 0 Å². The van der Waals surface area contributed by atoms with Crippen LogP contribution < -0.4 is 14.8 Å². The van der Waals surface area contributed by atoms with Crippen molar-refractivity contribution in [3.8, 4) is 11.5 Å². The Bertz CT molecular complexity index is 1110. The summed E-state index contributed by atoms with van der Waals surface area (Å²) in [5.74, 6) is 1.41. The average Bonchev–Trinajstić information content (AvgIpc) is 3.82. The smallest absolute Gasteiger partial charge is 0.254 e. The minimum absolute atomic E-state index is 0.000983. The number of hydrogen-bond donors (Lipinski definition) is 1. The van der Waals surface area contributed by atoms with Crippen LogP contribution in [0.5, 0.6) is 11.5 Å². The second-order valence-corrected chi connectivity index (χ2v) is 11.5. The molecule has 0 aromatic heterocycles. The lowest BCUT2D eigenvalue weighted by Crippen LogP contribution is -2.54. The molecule has 1 unspecified atom stereocenters. The van der Waals surface area contributed by atoms with Gasteiger partial charge in [0.05, 0.1) is 20.1 Å². The van der Waals surface area contributed by atoms with Crippen molar-refractivity contribution in [1.82, 2.24) is 15.1 Å². The highest BCUT2D eigenvalue weighted by Gasteiger charge is 2.34. The van der Waals surface area contributed by atoms with Crippen molar-refractivity contribution >= 4 is 11.8 Å². The fourth-order valence-corrected chi connectivity index (χ4v) is 5.73. The molecule has 1 aliphatic heterocycles. The summed E-state index contributed by atoms with van der Waals surface area (Å²) in [6.45, 7) is 6.76. The fourth-order valence-electron chi connectivity index (χ4n) is 5.73. The summed E-state index contributed by atoms with van der Waals surface area (Å²) >= 11 is 0. The van der Waals surface area contributed by atoms with Gasteiger partial charge in [-0.3, -0.25) is 9.59 Å². The second kappa shape index (κ2) is 15.2. The third kappa shape index (κ3) is 8.69. The molecule has 8 nitrogen and oxygen atoms in total. The quantitative estimate of drug-likeness (QED) is 0.315. The highest BCUT2D eigenvalue weighted by molar-refractivity contribution is 5.95. The zero-order chi connectivity index (χ0) is 29.2. The molecule has 8 heteroatoms. The Kier molecular flexibility index (Phi) is 11.5. The number of amides is 2. The average molecular weight is 566 g/mol. The molecule has 2 fully saturated rings. The Hall–Kier alpha value is -3.10. The molecule has 0 spiro atoms. The van der Waals surface area contributed by atoms with Crippen LogP contribution in [0.15, 0.2) is 48.5 Å². The molecular formula is C33H47N3O5. The van der Waals surface area contributed by atoms with E-state index < -0.39 is 0 Å². The number of ether oxygens (including phenoxy) is 3. The number of carbonyl (C=O) groups is 2. The molecule has 1 saturated heterocycles. The van der Waals surface area contributed by atoms with Gasteiger partial charge in [-0.15, -0.1) is 0 Å². The van der Waals surface area contributed by atoms with Gasteiger partial charge in [-0.2, -0.15) is 0 Å². The molecule has 2 aromatic carbocycles. The Morgan fingerprint density at radius 1 is 0.951 bits per heavy atom. The van der Waals surface area contributed by atoms with Gasteiger partial charge in [0.1, 0.15) is 0 Å². The molecule has 0 bridgehead atoms. The van der Waals surface area contributed by atoms with Crippen molar-refractivity contribution in [3.63, 3.8) is 0 Å². The van der Waals surface area contributed by atoms with E-state index >= 15 is 0 Å². The van der Waals surface area contributed by atoms with E-state index in [2.05, 4.69) is 24.1 Å². The summed E-state index contributed by atoms with van der Waals surface area (Å²) in [5, 5.41) is 3.70. The van der Waals surface area contributed by atoms with Gasteiger partial charge in [-0.25, -0.2) is 0 Å². The molecule has 224 valence electrons. The van der Waals surface area contributed by atoms with Crippen LogP contribution in [0, 0.1) is 0 Å². The summed E-state index contributed by atoms with van der Waals surface area (Å²) in [4.78, 5) is 30.9. The van der Waals surface area contributed by atoms with E-state index in [1.54, 1.807) is 26.4 Å². The van der Waals surface area contributed by atoms with Crippen molar-refractivity contribution in [2.75, 3.05) is 40.5 Å². The van der Waals surface area contributed by atoms with E-state index in [0.717, 1.165) is 57.2 Å². The van der Waals surface area contributed by atoms with Gasteiger partial charge in [0.2, 0.25) is 5.91 Å². The Morgan fingerprint density at radius 3 is 2.34 bits per heavy atom. The van der Waals surface area contributed by atoms with Gasteiger partial charge in [0.15, 0.2) is 11.5 Å². The molecule has 1 N–H and O–H groups in total. The monoisotopic (exact) mass is 565 g/mol. The van der Waals surface area contributed by atoms with E-state index in [4.69, 9.17) is 14.2 Å². The van der Waals surface area contributed by atoms with Crippen LogP contribution >= 0.6 is 0 Å². The molecular weight excluding hydrogens is 518 g/mol. The molecule has 2 amide bonds. The number of carbonyl (C=O) groups excluding carboxylic acids is 2. The molecule has 41 heavy (non-hydrogen) atoms. The summed E-state index contributed by atoms with van der Waals surface area (Å²) in [6.07, 6.45) is 6.28. The first kappa shape index (κ1) is 30.8. The minimum Gasteiger partial charge on any atom is -0.493 e. The van der Waals surface area contributed by atoms with Gasteiger partial charge >= 0.3 is 0 Å². The van der Waals surface area contributed by atoms with Gasteiger partial charge in [0, 0.05) is 63.0 Å². The van der Waals surface area contributed by atoms with Gasteiger partial charge < -0.3 is 29.3 Å². The maximum atomic E-state index is 13.8. The van der Waals surface area contributed by atoms with Crippen molar-refractivity contribution < 1.29 is 23.8 Å². The van der Waals surface area contributed by atoms with Gasteiger partial charge in [-0.05, 0) is 69.7 Å². The van der Waals surface area contributed by atoms with Crippen LogP contribution in [-0.4, -0.2) is 86.3 Å². The topological polar surface area (TPSA) is 80.3 Å². The van der Waals surface area contributed by atoms with E-state index in [0.29, 0.717) is 48.8 Å². The molecule has 2 aliphatic rings. The minimum atomic E-state index is 0.000983. The zero-order valence-corrected chi connectivity index (χ0v) is 25.1. The third-order valence-corrected chi connectivity index (χ3v) is 8.06. The first-order valence-electron chi connectivity index (χ1n) is 15.1. The maximum Gasteiger partial charge on any atom is 0.254 e. The van der Waals surface area contributed by atoms with Crippen molar-refractivity contribution in [3.05, 3.63) is 59.7 Å². The predicted octanol–water partition coefficient (Wildman–Crippen LogP) is 4.71. The first-order valence-corrected chi connectivity index (χ1v) is 15.1. The SMILES string of the molecule is COCCCOc1cc(C(=O)N(C(C)C)C2CC[C@@H](CCN(C(=O)Cc3ccccc3)C3CC3)NC2)ccc1OC. The Balaban J connectivity index is 1.32. The molecule has 2 aromatic rings. The molecule has 1 aliphatic carbocycles. The second-order valence-electron chi connectivity index (χ2n) is 11.5. The fraction of sp³-hybridized carbons (Fsp3) is 0.576. The lowest BCUT2D eigenvalue weighted by molar-refractivity contribution is -0.131.